The van der Waals surface area contributed by atoms with E-state index in [1.807, 2.05) is 13.8 Å². The SMILES string of the molecule is CC(C)c1nnc(C2CCN(S(=O)(=O)C(C)C)CC2)o1. The molecule has 0 radical (unpaired) electrons. The molecule has 1 fully saturated rings. The Labute approximate surface area is 120 Å². The maximum atomic E-state index is 12.1. The van der Waals surface area contributed by atoms with Crippen molar-refractivity contribution in [3.8, 4) is 0 Å². The second-order valence-electron chi connectivity index (χ2n) is 5.90. The van der Waals surface area contributed by atoms with Gasteiger partial charge in [0.2, 0.25) is 21.8 Å². The van der Waals surface area contributed by atoms with Crippen molar-refractivity contribution in [3.05, 3.63) is 11.8 Å². The van der Waals surface area contributed by atoms with Crippen molar-refractivity contribution in [1.29, 1.82) is 0 Å². The monoisotopic (exact) mass is 301 g/mol. The summed E-state index contributed by atoms with van der Waals surface area (Å²) in [6.45, 7) is 8.52. The molecule has 7 heteroatoms. The Bertz CT molecular complexity index is 543. The number of aromatic nitrogens is 2. The number of sulfonamides is 1. The van der Waals surface area contributed by atoms with Crippen LogP contribution in [0.2, 0.25) is 0 Å². The minimum Gasteiger partial charge on any atom is -0.425 e. The van der Waals surface area contributed by atoms with Gasteiger partial charge in [0.05, 0.1) is 5.25 Å². The molecule has 0 aliphatic carbocycles. The van der Waals surface area contributed by atoms with Gasteiger partial charge in [-0.3, -0.25) is 0 Å². The first-order valence-electron chi connectivity index (χ1n) is 7.14. The van der Waals surface area contributed by atoms with Gasteiger partial charge in [-0.05, 0) is 26.7 Å². The molecule has 0 amide bonds. The minimum absolute atomic E-state index is 0.175. The van der Waals surface area contributed by atoms with E-state index in [0.29, 0.717) is 24.9 Å². The largest absolute Gasteiger partial charge is 0.425 e. The molecule has 1 saturated heterocycles. The van der Waals surface area contributed by atoms with Gasteiger partial charge in [-0.15, -0.1) is 10.2 Å². The molecule has 0 spiro atoms. The molecule has 1 aliphatic rings. The second kappa shape index (κ2) is 5.81. The molecule has 1 aromatic rings. The summed E-state index contributed by atoms with van der Waals surface area (Å²) in [7, 11) is -3.15. The van der Waals surface area contributed by atoms with Crippen molar-refractivity contribution in [2.24, 2.45) is 0 Å². The first-order chi connectivity index (χ1) is 9.32. The van der Waals surface area contributed by atoms with E-state index in [9.17, 15) is 8.42 Å². The van der Waals surface area contributed by atoms with Crippen molar-refractivity contribution in [1.82, 2.24) is 14.5 Å². The summed E-state index contributed by atoms with van der Waals surface area (Å²) in [5, 5.41) is 7.77. The van der Waals surface area contributed by atoms with Crippen LogP contribution < -0.4 is 0 Å². The van der Waals surface area contributed by atoms with Crippen molar-refractivity contribution in [3.63, 3.8) is 0 Å². The lowest BCUT2D eigenvalue weighted by Crippen LogP contribution is -2.41. The van der Waals surface area contributed by atoms with Crippen LogP contribution >= 0.6 is 0 Å². The molecule has 2 heterocycles. The summed E-state index contributed by atoms with van der Waals surface area (Å²) in [5.41, 5.74) is 0. The van der Waals surface area contributed by atoms with Crippen LogP contribution in [0.15, 0.2) is 4.42 Å². The van der Waals surface area contributed by atoms with Crippen molar-refractivity contribution >= 4 is 10.0 Å². The molecule has 1 aromatic heterocycles. The van der Waals surface area contributed by atoms with Gasteiger partial charge in [0.15, 0.2) is 0 Å². The molecule has 114 valence electrons. The average Bonchev–Trinajstić information content (AvgIpc) is 2.88. The summed E-state index contributed by atoms with van der Waals surface area (Å²) in [6, 6.07) is 0. The number of hydrogen-bond donors (Lipinski definition) is 0. The molecule has 0 N–H and O–H groups in total. The van der Waals surface area contributed by atoms with E-state index < -0.39 is 10.0 Å². The zero-order valence-electron chi connectivity index (χ0n) is 12.5. The summed E-state index contributed by atoms with van der Waals surface area (Å²) < 4.78 is 31.4. The Kier molecular flexibility index (Phi) is 4.49. The lowest BCUT2D eigenvalue weighted by atomic mass is 9.98. The fourth-order valence-electron chi connectivity index (χ4n) is 2.30. The van der Waals surface area contributed by atoms with E-state index in [2.05, 4.69) is 10.2 Å². The second-order valence-corrected chi connectivity index (χ2v) is 8.39. The van der Waals surface area contributed by atoms with Crippen LogP contribution in [0.25, 0.3) is 0 Å². The molecule has 0 atom stereocenters. The van der Waals surface area contributed by atoms with E-state index in [1.165, 1.54) is 0 Å². The van der Waals surface area contributed by atoms with Gasteiger partial charge in [0, 0.05) is 24.9 Å². The predicted molar refractivity (Wildman–Crippen MR) is 76.0 cm³/mol. The van der Waals surface area contributed by atoms with Gasteiger partial charge in [-0.2, -0.15) is 0 Å². The van der Waals surface area contributed by atoms with Crippen LogP contribution in [0.1, 0.15) is 64.2 Å². The third kappa shape index (κ3) is 3.03. The Balaban J connectivity index is 2.01. The predicted octanol–water partition coefficient (Wildman–Crippen LogP) is 2.11. The highest BCUT2D eigenvalue weighted by atomic mass is 32.2. The van der Waals surface area contributed by atoms with Crippen LogP contribution in [0.3, 0.4) is 0 Å². The highest BCUT2D eigenvalue weighted by molar-refractivity contribution is 7.89. The molecule has 20 heavy (non-hydrogen) atoms. The summed E-state index contributed by atoms with van der Waals surface area (Å²) in [5.74, 6) is 1.69. The number of nitrogens with zero attached hydrogens (tertiary/aromatic N) is 3. The number of rotatable bonds is 4. The zero-order valence-corrected chi connectivity index (χ0v) is 13.4. The van der Waals surface area contributed by atoms with Gasteiger partial charge in [0.1, 0.15) is 0 Å². The molecule has 1 aliphatic heterocycles. The first-order valence-corrected chi connectivity index (χ1v) is 8.65. The molecule has 0 bridgehead atoms. The van der Waals surface area contributed by atoms with E-state index >= 15 is 0 Å². The highest BCUT2D eigenvalue weighted by Crippen LogP contribution is 2.29. The van der Waals surface area contributed by atoms with Crippen LogP contribution in [0, 0.1) is 0 Å². The van der Waals surface area contributed by atoms with Crippen molar-refractivity contribution in [2.75, 3.05) is 13.1 Å². The minimum atomic E-state index is -3.15. The average molecular weight is 301 g/mol. The normalized spacial score (nSPS) is 19.1. The van der Waals surface area contributed by atoms with Crippen LogP contribution in [0.5, 0.6) is 0 Å². The van der Waals surface area contributed by atoms with Gasteiger partial charge in [-0.1, -0.05) is 13.8 Å². The molecule has 2 rings (SSSR count). The number of piperidine rings is 1. The maximum absolute atomic E-state index is 12.1. The quantitative estimate of drug-likeness (QED) is 0.851. The fourth-order valence-corrected chi connectivity index (χ4v) is 3.62. The van der Waals surface area contributed by atoms with E-state index in [-0.39, 0.29) is 17.1 Å². The van der Waals surface area contributed by atoms with Crippen molar-refractivity contribution < 1.29 is 12.8 Å². The van der Waals surface area contributed by atoms with E-state index in [4.69, 9.17) is 4.42 Å². The van der Waals surface area contributed by atoms with Crippen LogP contribution in [-0.2, 0) is 10.0 Å². The third-order valence-corrected chi connectivity index (χ3v) is 5.99. The molecule has 0 aromatic carbocycles. The smallest absolute Gasteiger partial charge is 0.219 e. The Morgan fingerprint density at radius 2 is 1.75 bits per heavy atom. The van der Waals surface area contributed by atoms with E-state index in [0.717, 1.165) is 12.8 Å². The maximum Gasteiger partial charge on any atom is 0.219 e. The molecule has 6 nitrogen and oxygen atoms in total. The van der Waals surface area contributed by atoms with Crippen LogP contribution in [0.4, 0.5) is 0 Å². The topological polar surface area (TPSA) is 76.3 Å². The fraction of sp³-hybridized carbons (Fsp3) is 0.846. The standard InChI is InChI=1S/C13H23N3O3S/c1-9(2)12-14-15-13(19-12)11-5-7-16(8-6-11)20(17,18)10(3)4/h9-11H,5-8H2,1-4H3. The lowest BCUT2D eigenvalue weighted by Gasteiger charge is -2.30. The summed E-state index contributed by atoms with van der Waals surface area (Å²) >= 11 is 0. The summed E-state index contributed by atoms with van der Waals surface area (Å²) in [6.07, 6.45) is 1.48. The molecule has 0 unspecified atom stereocenters. The van der Waals surface area contributed by atoms with Crippen molar-refractivity contribution in [2.45, 2.75) is 57.6 Å². The van der Waals surface area contributed by atoms with Crippen LogP contribution in [-0.4, -0.2) is 41.3 Å². The molecular formula is C13H23N3O3S. The third-order valence-electron chi connectivity index (χ3n) is 3.71. The summed E-state index contributed by atoms with van der Waals surface area (Å²) in [4.78, 5) is 0. The van der Waals surface area contributed by atoms with Gasteiger partial charge < -0.3 is 4.42 Å². The highest BCUT2D eigenvalue weighted by Gasteiger charge is 2.32. The van der Waals surface area contributed by atoms with E-state index in [1.54, 1.807) is 18.2 Å². The molecule has 0 saturated carbocycles. The Morgan fingerprint density at radius 1 is 1.15 bits per heavy atom. The molecular weight excluding hydrogens is 278 g/mol. The number of hydrogen-bond acceptors (Lipinski definition) is 5. The lowest BCUT2D eigenvalue weighted by molar-refractivity contribution is 0.283. The van der Waals surface area contributed by atoms with Gasteiger partial charge >= 0.3 is 0 Å². The van der Waals surface area contributed by atoms with Gasteiger partial charge in [-0.25, -0.2) is 12.7 Å². The Morgan fingerprint density at radius 3 is 2.20 bits per heavy atom. The Hall–Kier alpha value is -0.950. The zero-order chi connectivity index (χ0) is 14.9. The first kappa shape index (κ1) is 15.4. The van der Waals surface area contributed by atoms with Gasteiger partial charge in [0.25, 0.3) is 0 Å².